The fourth-order valence-electron chi connectivity index (χ4n) is 5.09. The van der Waals surface area contributed by atoms with Crippen molar-refractivity contribution in [2.45, 2.75) is 44.4 Å². The van der Waals surface area contributed by atoms with Crippen molar-refractivity contribution in [2.24, 2.45) is 5.92 Å². The summed E-state index contributed by atoms with van der Waals surface area (Å²) in [6.45, 7) is 0.813. The molecule has 0 radical (unpaired) electrons. The van der Waals surface area contributed by atoms with E-state index >= 15 is 0 Å². The third kappa shape index (κ3) is 5.82. The lowest BCUT2D eigenvalue weighted by atomic mass is 9.77. The van der Waals surface area contributed by atoms with Crippen LogP contribution in [-0.2, 0) is 11.2 Å². The van der Waals surface area contributed by atoms with Crippen LogP contribution in [0.5, 0.6) is 11.9 Å². The third-order valence-electron chi connectivity index (χ3n) is 7.06. The maximum atomic E-state index is 13.5. The van der Waals surface area contributed by atoms with Crippen LogP contribution in [0.1, 0.15) is 59.8 Å². The lowest BCUT2D eigenvalue weighted by Gasteiger charge is -2.28. The number of fused-ring (bicyclic) bond motifs is 1. The van der Waals surface area contributed by atoms with Crippen molar-refractivity contribution in [3.05, 3.63) is 59.7 Å². The molecular weight excluding hydrogens is 488 g/mol. The SMILES string of the molecule is Nc1nc(OCCc2ncccn2)nc2c1C(=O)N(c1ccc(C3CCC(CC(=O)O)CC3)cc1)CCO2. The average molecular weight is 519 g/mol. The monoisotopic (exact) mass is 518 g/mol. The Morgan fingerprint density at radius 3 is 2.55 bits per heavy atom. The largest absolute Gasteiger partial charge is 0.481 e. The summed E-state index contributed by atoms with van der Waals surface area (Å²) in [5.41, 5.74) is 8.22. The van der Waals surface area contributed by atoms with Crippen LogP contribution in [0.3, 0.4) is 0 Å². The quantitative estimate of drug-likeness (QED) is 0.454. The van der Waals surface area contributed by atoms with Crippen molar-refractivity contribution in [3.8, 4) is 11.9 Å². The highest BCUT2D eigenvalue weighted by Gasteiger charge is 2.30. The summed E-state index contributed by atoms with van der Waals surface area (Å²) in [6.07, 6.45) is 7.81. The average Bonchev–Trinajstić information content (AvgIpc) is 3.08. The maximum absolute atomic E-state index is 13.5. The second kappa shape index (κ2) is 11.4. The summed E-state index contributed by atoms with van der Waals surface area (Å²) in [5.74, 6) is 0.329. The molecule has 1 aliphatic carbocycles. The third-order valence-corrected chi connectivity index (χ3v) is 7.06. The molecule has 1 aromatic carbocycles. The number of nitrogens with two attached hydrogens (primary N) is 1. The number of aliphatic carboxylic acids is 1. The zero-order valence-corrected chi connectivity index (χ0v) is 21.0. The zero-order valence-electron chi connectivity index (χ0n) is 21.0. The van der Waals surface area contributed by atoms with Crippen LogP contribution >= 0.6 is 0 Å². The van der Waals surface area contributed by atoms with E-state index in [0.29, 0.717) is 24.7 Å². The van der Waals surface area contributed by atoms with E-state index < -0.39 is 5.97 Å². The van der Waals surface area contributed by atoms with E-state index in [9.17, 15) is 9.59 Å². The second-order valence-electron chi connectivity index (χ2n) is 9.55. The number of benzene rings is 1. The van der Waals surface area contributed by atoms with Gasteiger partial charge in [-0.2, -0.15) is 9.97 Å². The predicted molar refractivity (Wildman–Crippen MR) is 138 cm³/mol. The van der Waals surface area contributed by atoms with Crippen molar-refractivity contribution >= 4 is 23.4 Å². The number of nitrogens with zero attached hydrogens (tertiary/aromatic N) is 5. The topological polar surface area (TPSA) is 154 Å². The molecule has 11 heteroatoms. The van der Waals surface area contributed by atoms with Gasteiger partial charge in [0, 0.05) is 30.9 Å². The van der Waals surface area contributed by atoms with E-state index in [4.69, 9.17) is 20.3 Å². The van der Waals surface area contributed by atoms with Crippen molar-refractivity contribution in [3.63, 3.8) is 0 Å². The van der Waals surface area contributed by atoms with Gasteiger partial charge in [0.1, 0.15) is 23.8 Å². The Bertz CT molecular complexity index is 1280. The van der Waals surface area contributed by atoms with E-state index in [1.165, 1.54) is 5.56 Å². The van der Waals surface area contributed by atoms with Crippen LogP contribution in [0.4, 0.5) is 11.5 Å². The first-order valence-corrected chi connectivity index (χ1v) is 12.8. The number of hydrogen-bond donors (Lipinski definition) is 2. The van der Waals surface area contributed by atoms with Gasteiger partial charge in [-0.15, -0.1) is 0 Å². The summed E-state index contributed by atoms with van der Waals surface area (Å²) in [4.78, 5) is 42.8. The molecule has 38 heavy (non-hydrogen) atoms. The Hall–Kier alpha value is -4.28. The molecule has 1 amide bonds. The van der Waals surface area contributed by atoms with E-state index in [1.54, 1.807) is 23.4 Å². The predicted octanol–water partition coefficient (Wildman–Crippen LogP) is 3.26. The lowest BCUT2D eigenvalue weighted by molar-refractivity contribution is -0.138. The van der Waals surface area contributed by atoms with Crippen LogP contribution in [0.2, 0.25) is 0 Å². The number of hydrogen-bond acceptors (Lipinski definition) is 9. The Labute approximate surface area is 220 Å². The molecule has 1 saturated carbocycles. The Kier molecular flexibility index (Phi) is 7.62. The van der Waals surface area contributed by atoms with Crippen LogP contribution in [0, 0.1) is 5.92 Å². The molecule has 11 nitrogen and oxygen atoms in total. The molecule has 2 aliphatic rings. The number of nitrogen functional groups attached to an aromatic ring is 1. The molecule has 5 rings (SSSR count). The first kappa shape index (κ1) is 25.4. The van der Waals surface area contributed by atoms with Crippen molar-refractivity contribution in [1.29, 1.82) is 0 Å². The molecule has 2 aromatic heterocycles. The minimum atomic E-state index is -0.724. The fraction of sp³-hybridized carbons (Fsp3) is 0.407. The van der Waals surface area contributed by atoms with Gasteiger partial charge in [0.15, 0.2) is 0 Å². The highest BCUT2D eigenvalue weighted by Crippen LogP contribution is 2.38. The van der Waals surface area contributed by atoms with Crippen LogP contribution in [-0.4, -0.2) is 56.7 Å². The Balaban J connectivity index is 1.25. The molecule has 0 saturated heterocycles. The van der Waals surface area contributed by atoms with Crippen LogP contribution in [0.15, 0.2) is 42.7 Å². The van der Waals surface area contributed by atoms with Gasteiger partial charge in [-0.25, -0.2) is 9.97 Å². The minimum absolute atomic E-state index is 0.00685. The lowest BCUT2D eigenvalue weighted by Crippen LogP contribution is -2.32. The van der Waals surface area contributed by atoms with Gasteiger partial charge < -0.3 is 25.2 Å². The highest BCUT2D eigenvalue weighted by atomic mass is 16.5. The normalized spacial score (nSPS) is 19.3. The number of carboxylic acid groups (broad SMARTS) is 1. The Morgan fingerprint density at radius 2 is 1.84 bits per heavy atom. The summed E-state index contributed by atoms with van der Waals surface area (Å²) < 4.78 is 11.4. The number of anilines is 2. The molecule has 3 heterocycles. The van der Waals surface area contributed by atoms with E-state index in [2.05, 4.69) is 19.9 Å². The molecule has 3 aromatic rings. The Morgan fingerprint density at radius 1 is 1.11 bits per heavy atom. The van der Waals surface area contributed by atoms with Crippen molar-refractivity contribution < 1.29 is 24.2 Å². The summed E-state index contributed by atoms with van der Waals surface area (Å²) in [7, 11) is 0. The molecule has 1 aliphatic heterocycles. The molecule has 0 unspecified atom stereocenters. The number of aromatic nitrogens is 4. The number of carboxylic acids is 1. The van der Waals surface area contributed by atoms with Gasteiger partial charge >= 0.3 is 12.0 Å². The van der Waals surface area contributed by atoms with Crippen LogP contribution < -0.4 is 20.1 Å². The van der Waals surface area contributed by atoms with Gasteiger partial charge in [-0.1, -0.05) is 12.1 Å². The maximum Gasteiger partial charge on any atom is 0.321 e. The first-order valence-electron chi connectivity index (χ1n) is 12.8. The molecule has 3 N–H and O–H groups in total. The number of amides is 1. The standard InChI is InChI=1S/C27H30N6O5/c28-24-23-25(32-27(31-24)38-14-10-21-29-11-1-12-30-21)37-15-13-33(26(23)36)20-8-6-19(7-9-20)18-4-2-17(3-5-18)16-22(34)35/h1,6-9,11-12,17-18H,2-5,10,13-16H2,(H,34,35)(H2,28,31,32). The summed E-state index contributed by atoms with van der Waals surface area (Å²) >= 11 is 0. The molecule has 198 valence electrons. The van der Waals surface area contributed by atoms with E-state index in [0.717, 1.165) is 31.4 Å². The summed E-state index contributed by atoms with van der Waals surface area (Å²) in [5, 5.41) is 9.04. The van der Waals surface area contributed by atoms with Gasteiger partial charge in [-0.05, 0) is 61.3 Å². The summed E-state index contributed by atoms with van der Waals surface area (Å²) in [6, 6.07) is 9.73. The van der Waals surface area contributed by atoms with Gasteiger partial charge in [0.2, 0.25) is 5.88 Å². The number of carbonyl (C=O) groups is 2. The highest BCUT2D eigenvalue weighted by molar-refractivity contribution is 6.10. The number of carbonyl (C=O) groups excluding carboxylic acids is 1. The molecule has 0 atom stereocenters. The van der Waals surface area contributed by atoms with Gasteiger partial charge in [0.05, 0.1) is 13.2 Å². The van der Waals surface area contributed by atoms with Gasteiger partial charge in [0.25, 0.3) is 5.91 Å². The second-order valence-corrected chi connectivity index (χ2v) is 9.55. The zero-order chi connectivity index (χ0) is 26.5. The van der Waals surface area contributed by atoms with Crippen molar-refractivity contribution in [1.82, 2.24) is 19.9 Å². The van der Waals surface area contributed by atoms with Gasteiger partial charge in [-0.3, -0.25) is 9.59 Å². The van der Waals surface area contributed by atoms with E-state index in [-0.39, 0.29) is 54.7 Å². The number of rotatable bonds is 8. The number of ether oxygens (including phenoxy) is 2. The molecule has 0 bridgehead atoms. The minimum Gasteiger partial charge on any atom is -0.481 e. The van der Waals surface area contributed by atoms with Crippen LogP contribution in [0.25, 0.3) is 0 Å². The first-order chi connectivity index (χ1) is 18.5. The van der Waals surface area contributed by atoms with Crippen molar-refractivity contribution in [2.75, 3.05) is 30.4 Å². The molecule has 1 fully saturated rings. The van der Waals surface area contributed by atoms with E-state index in [1.807, 2.05) is 24.3 Å². The molecular formula is C27H30N6O5. The fourth-order valence-corrected chi connectivity index (χ4v) is 5.09. The molecule has 0 spiro atoms. The smallest absolute Gasteiger partial charge is 0.321 e.